The molecule has 0 saturated heterocycles. The van der Waals surface area contributed by atoms with Gasteiger partial charge in [-0.15, -0.1) is 20.5 Å². The molecule has 0 fully saturated rings. The first-order valence-electron chi connectivity index (χ1n) is 20.5. The molecule has 0 spiro atoms. The fraction of sp³-hybridized carbons (Fsp3) is 0.261. The molecular formula is C46H48N6O13S2. The van der Waals surface area contributed by atoms with Crippen molar-refractivity contribution in [2.45, 2.75) is 64.3 Å². The Morgan fingerprint density at radius 3 is 1.49 bits per heavy atom. The van der Waals surface area contributed by atoms with Gasteiger partial charge in [0, 0.05) is 35.7 Å². The standard InChI is InChI=1S/C46H48N6O13S2/c1-7-51-43(54)33(24-66(58,59)60)26(3)39(45(51)56)48-47-35-20-19-30(22-36(35)64-5)38(28-15-11-9-12-16-28)31-21-32(42(53)29-17-13-10-14-18-29)41(37(23-31)65-6)50-49-40-27(4)34(25-67(61,62)63)44(55)52(8-2)46(40)57/h9-23,38,42,53-55H,7-8,24-25H2,1-6H3,(H,58,59,60)(H,61,62,63)/b48-47+,50-49+. The van der Waals surface area contributed by atoms with Crippen LogP contribution in [0.5, 0.6) is 23.3 Å². The van der Waals surface area contributed by atoms with Crippen LogP contribution in [0.2, 0.25) is 0 Å². The van der Waals surface area contributed by atoms with Crippen LogP contribution in [0.1, 0.15) is 75.9 Å². The lowest BCUT2D eigenvalue weighted by atomic mass is 9.83. The molecule has 2 aromatic heterocycles. The second-order valence-corrected chi connectivity index (χ2v) is 18.2. The van der Waals surface area contributed by atoms with Crippen LogP contribution in [0.15, 0.2) is 121 Å². The van der Waals surface area contributed by atoms with Crippen molar-refractivity contribution in [3.8, 4) is 23.3 Å². The molecule has 19 nitrogen and oxygen atoms in total. The topological polar surface area (TPSA) is 281 Å². The first-order chi connectivity index (χ1) is 31.7. The molecular weight excluding hydrogens is 909 g/mol. The van der Waals surface area contributed by atoms with Crippen molar-refractivity contribution in [3.05, 3.63) is 162 Å². The number of azo groups is 2. The maximum Gasteiger partial charge on any atom is 0.281 e. The number of nitrogens with zero attached hydrogens (tertiary/aromatic N) is 6. The third-order valence-corrected chi connectivity index (χ3v) is 12.4. The molecule has 21 heteroatoms. The summed E-state index contributed by atoms with van der Waals surface area (Å²) >= 11 is 0. The summed E-state index contributed by atoms with van der Waals surface area (Å²) in [6, 6.07) is 26.4. The van der Waals surface area contributed by atoms with Gasteiger partial charge in [-0.1, -0.05) is 66.7 Å². The number of aromatic hydroxyl groups is 2. The molecule has 5 N–H and O–H groups in total. The van der Waals surface area contributed by atoms with Crippen molar-refractivity contribution in [1.29, 1.82) is 0 Å². The second-order valence-electron chi connectivity index (χ2n) is 15.3. The summed E-state index contributed by atoms with van der Waals surface area (Å²) in [5.41, 5.74) is 0.213. The van der Waals surface area contributed by atoms with Gasteiger partial charge in [0.15, 0.2) is 23.1 Å². The predicted molar refractivity (Wildman–Crippen MR) is 248 cm³/mol. The highest BCUT2D eigenvalue weighted by molar-refractivity contribution is 7.85. The van der Waals surface area contributed by atoms with E-state index in [4.69, 9.17) is 9.47 Å². The molecule has 0 aliphatic carbocycles. The van der Waals surface area contributed by atoms with Crippen LogP contribution in [0, 0.1) is 13.8 Å². The largest absolute Gasteiger partial charge is 0.494 e. The molecule has 0 bridgehead atoms. The Hall–Kier alpha value is -7.04. The van der Waals surface area contributed by atoms with E-state index in [1.165, 1.54) is 28.1 Å². The van der Waals surface area contributed by atoms with E-state index in [0.717, 1.165) is 14.7 Å². The van der Waals surface area contributed by atoms with E-state index in [9.17, 15) is 50.8 Å². The van der Waals surface area contributed by atoms with Gasteiger partial charge in [0.25, 0.3) is 31.4 Å². The van der Waals surface area contributed by atoms with Gasteiger partial charge in [0.2, 0.25) is 0 Å². The lowest BCUT2D eigenvalue weighted by Crippen LogP contribution is -2.22. The molecule has 0 radical (unpaired) electrons. The van der Waals surface area contributed by atoms with Gasteiger partial charge in [-0.3, -0.25) is 27.8 Å². The average Bonchev–Trinajstić information content (AvgIpc) is 3.29. The summed E-state index contributed by atoms with van der Waals surface area (Å²) < 4.78 is 80.3. The van der Waals surface area contributed by atoms with Crippen LogP contribution in [-0.4, -0.2) is 64.6 Å². The zero-order valence-electron chi connectivity index (χ0n) is 37.1. The van der Waals surface area contributed by atoms with Gasteiger partial charge in [-0.25, -0.2) is 0 Å². The zero-order chi connectivity index (χ0) is 49.0. The number of aliphatic hydroxyl groups excluding tert-OH is 1. The minimum atomic E-state index is -4.66. The number of hydrogen-bond acceptors (Lipinski definition) is 15. The normalized spacial score (nSPS) is 13.0. The lowest BCUT2D eigenvalue weighted by molar-refractivity contribution is 0.220. The number of aliphatic hydroxyl groups is 1. The van der Waals surface area contributed by atoms with E-state index in [0.29, 0.717) is 16.7 Å². The van der Waals surface area contributed by atoms with Crippen LogP contribution in [0.25, 0.3) is 0 Å². The second kappa shape index (κ2) is 20.2. The zero-order valence-corrected chi connectivity index (χ0v) is 38.8. The molecule has 0 aliphatic heterocycles. The Bertz CT molecular complexity index is 3250. The van der Waals surface area contributed by atoms with Crippen molar-refractivity contribution in [2.75, 3.05) is 14.2 Å². The molecule has 352 valence electrons. The fourth-order valence-electron chi connectivity index (χ4n) is 7.74. The van der Waals surface area contributed by atoms with Crippen molar-refractivity contribution in [2.24, 2.45) is 20.5 Å². The number of aromatic nitrogens is 2. The minimum absolute atomic E-state index is 0.00288. The third kappa shape index (κ3) is 10.7. The lowest BCUT2D eigenvalue weighted by Gasteiger charge is -2.24. The molecule has 0 saturated carbocycles. The molecule has 0 aliphatic rings. The molecule has 0 amide bonds. The van der Waals surface area contributed by atoms with Crippen LogP contribution in [0.3, 0.4) is 0 Å². The van der Waals surface area contributed by atoms with E-state index >= 15 is 0 Å². The number of hydrogen-bond donors (Lipinski definition) is 5. The summed E-state index contributed by atoms with van der Waals surface area (Å²) in [5.74, 6) is -3.52. The Balaban J connectivity index is 1.54. The van der Waals surface area contributed by atoms with Gasteiger partial charge < -0.3 is 24.8 Å². The minimum Gasteiger partial charge on any atom is -0.494 e. The quantitative estimate of drug-likeness (QED) is 0.0330. The van der Waals surface area contributed by atoms with E-state index in [1.54, 1.807) is 74.5 Å². The summed E-state index contributed by atoms with van der Waals surface area (Å²) in [7, 11) is -6.48. The maximum absolute atomic E-state index is 13.6. The van der Waals surface area contributed by atoms with Crippen molar-refractivity contribution in [3.63, 3.8) is 0 Å². The Kier molecular flexibility index (Phi) is 14.9. The van der Waals surface area contributed by atoms with E-state index in [1.807, 2.05) is 30.3 Å². The first kappa shape index (κ1) is 49.4. The van der Waals surface area contributed by atoms with Gasteiger partial charge in [0.05, 0.1) is 14.2 Å². The summed E-state index contributed by atoms with van der Waals surface area (Å²) in [6.07, 6.45) is -1.35. The fourth-order valence-corrected chi connectivity index (χ4v) is 9.16. The molecule has 6 rings (SSSR count). The number of benzene rings is 4. The summed E-state index contributed by atoms with van der Waals surface area (Å²) in [4.78, 5) is 27.0. The third-order valence-electron chi connectivity index (χ3n) is 11.1. The molecule has 67 heavy (non-hydrogen) atoms. The van der Waals surface area contributed by atoms with E-state index in [-0.39, 0.29) is 75.2 Å². The maximum atomic E-state index is 13.6. The van der Waals surface area contributed by atoms with Crippen LogP contribution in [-0.2, 0) is 44.8 Å². The Morgan fingerprint density at radius 2 is 1.03 bits per heavy atom. The van der Waals surface area contributed by atoms with E-state index in [2.05, 4.69) is 20.5 Å². The van der Waals surface area contributed by atoms with Crippen molar-refractivity contribution >= 4 is 43.0 Å². The molecule has 6 aromatic rings. The Labute approximate surface area is 385 Å². The van der Waals surface area contributed by atoms with Gasteiger partial charge in [-0.2, -0.15) is 16.8 Å². The number of pyridine rings is 2. The molecule has 2 heterocycles. The molecule has 4 aromatic carbocycles. The molecule has 2 unspecified atom stereocenters. The van der Waals surface area contributed by atoms with Crippen molar-refractivity contribution in [1.82, 2.24) is 9.13 Å². The number of methoxy groups -OCH3 is 2. The predicted octanol–water partition coefficient (Wildman–Crippen LogP) is 7.96. The summed E-state index contributed by atoms with van der Waals surface area (Å²) in [6.45, 7) is 5.75. The van der Waals surface area contributed by atoms with Gasteiger partial charge in [0.1, 0.15) is 40.5 Å². The van der Waals surface area contributed by atoms with Crippen LogP contribution >= 0.6 is 0 Å². The van der Waals surface area contributed by atoms with E-state index < -0.39 is 66.6 Å². The monoisotopic (exact) mass is 956 g/mol. The first-order valence-corrected chi connectivity index (χ1v) is 23.8. The molecule has 2 atom stereocenters. The van der Waals surface area contributed by atoms with Gasteiger partial charge >= 0.3 is 0 Å². The Morgan fingerprint density at radius 1 is 0.582 bits per heavy atom. The van der Waals surface area contributed by atoms with Crippen LogP contribution in [0.4, 0.5) is 22.7 Å². The average molecular weight is 957 g/mol. The summed E-state index contributed by atoms with van der Waals surface area (Å²) in [5, 5.41) is 50.8. The SMILES string of the molecule is CCn1c(O)c(CS(=O)(=O)O)c(C)c(/N=N/c2ccc(C(c3ccccc3)c3cc(OC)c(/N=N/c4c(C)c(CS(=O)(=O)O)c(O)n(CC)c4=O)c(C(O)c4ccccc4)c3)cc2OC)c1=O. The number of ether oxygens (including phenoxy) is 2. The van der Waals surface area contributed by atoms with Crippen molar-refractivity contribution < 1.29 is 50.7 Å². The van der Waals surface area contributed by atoms with Crippen LogP contribution < -0.4 is 20.6 Å². The highest BCUT2D eigenvalue weighted by atomic mass is 32.2. The van der Waals surface area contributed by atoms with Gasteiger partial charge in [-0.05, 0) is 85.3 Å². The smallest absolute Gasteiger partial charge is 0.281 e. The highest BCUT2D eigenvalue weighted by Gasteiger charge is 2.28. The number of rotatable bonds is 17. The highest BCUT2D eigenvalue weighted by Crippen LogP contribution is 2.45.